The summed E-state index contributed by atoms with van der Waals surface area (Å²) in [5.74, 6) is 0.468. The number of ether oxygens (including phenoxy) is 1. The number of hydrogen-bond donors (Lipinski definition) is 0. The third-order valence-corrected chi connectivity index (χ3v) is 2.53. The minimum atomic E-state index is -0.0726. The van der Waals surface area contributed by atoms with Gasteiger partial charge in [-0.25, -0.2) is 0 Å². The molecular formula is C9H12Cl2O2. The Balaban J connectivity index is 2.89. The largest absolute Gasteiger partial charge is 0.481 e. The van der Waals surface area contributed by atoms with Crippen LogP contribution in [0.15, 0.2) is 10.8 Å². The molecule has 0 fully saturated rings. The van der Waals surface area contributed by atoms with E-state index in [0.717, 1.165) is 0 Å². The summed E-state index contributed by atoms with van der Waals surface area (Å²) in [6.07, 6.45) is 1.14. The maximum Gasteiger partial charge on any atom is 0.178 e. The van der Waals surface area contributed by atoms with Crippen molar-refractivity contribution in [1.82, 2.24) is 0 Å². The first-order valence-corrected chi connectivity index (χ1v) is 4.98. The van der Waals surface area contributed by atoms with E-state index in [4.69, 9.17) is 27.9 Å². The molecule has 74 valence electrons. The van der Waals surface area contributed by atoms with Crippen LogP contribution in [0.2, 0.25) is 0 Å². The molecule has 4 heteroatoms. The number of ketones is 1. The van der Waals surface area contributed by atoms with Crippen LogP contribution < -0.4 is 0 Å². The fourth-order valence-electron chi connectivity index (χ4n) is 1.42. The van der Waals surface area contributed by atoms with Crippen molar-refractivity contribution in [3.63, 3.8) is 0 Å². The smallest absolute Gasteiger partial charge is 0.178 e. The fourth-order valence-corrected chi connectivity index (χ4v) is 1.74. The summed E-state index contributed by atoms with van der Waals surface area (Å²) in [6.45, 7) is 4.01. The van der Waals surface area contributed by atoms with Gasteiger partial charge < -0.3 is 4.74 Å². The molecule has 0 bridgehead atoms. The van der Waals surface area contributed by atoms with Crippen molar-refractivity contribution in [1.29, 1.82) is 0 Å². The Labute approximate surface area is 87.8 Å². The van der Waals surface area contributed by atoms with Crippen LogP contribution in [0.3, 0.4) is 0 Å². The summed E-state index contributed by atoms with van der Waals surface area (Å²) in [6, 6.07) is 0.0366. The van der Waals surface area contributed by atoms with Crippen LogP contribution in [0.1, 0.15) is 26.7 Å². The molecule has 0 saturated heterocycles. The van der Waals surface area contributed by atoms with E-state index >= 15 is 0 Å². The third-order valence-electron chi connectivity index (χ3n) is 2.00. The SMILES string of the molecule is CC1(C)CC(=O)C(Cl)=C(OCCl)C1. The van der Waals surface area contributed by atoms with Gasteiger partial charge in [-0.05, 0) is 5.41 Å². The van der Waals surface area contributed by atoms with Crippen molar-refractivity contribution >= 4 is 29.0 Å². The Morgan fingerprint density at radius 3 is 2.62 bits per heavy atom. The molecule has 1 aliphatic rings. The minimum absolute atomic E-state index is 0.0366. The maximum atomic E-state index is 11.4. The Morgan fingerprint density at radius 2 is 2.08 bits per heavy atom. The molecule has 13 heavy (non-hydrogen) atoms. The second kappa shape index (κ2) is 3.89. The lowest BCUT2D eigenvalue weighted by Gasteiger charge is -2.29. The predicted octanol–water partition coefficient (Wildman–Crippen LogP) is 3.04. The zero-order valence-corrected chi connectivity index (χ0v) is 9.21. The molecule has 0 atom stereocenters. The monoisotopic (exact) mass is 222 g/mol. The zero-order chi connectivity index (χ0) is 10.1. The average Bonchev–Trinajstić information content (AvgIpc) is 1.99. The molecule has 0 radical (unpaired) electrons. The van der Waals surface area contributed by atoms with Gasteiger partial charge in [0.25, 0.3) is 0 Å². The number of Topliss-reactive ketones (excluding diaryl/α,β-unsaturated/α-hetero) is 1. The van der Waals surface area contributed by atoms with E-state index in [1.54, 1.807) is 0 Å². The van der Waals surface area contributed by atoms with Crippen molar-refractivity contribution in [2.45, 2.75) is 26.7 Å². The van der Waals surface area contributed by atoms with Gasteiger partial charge in [-0.2, -0.15) is 0 Å². The first kappa shape index (κ1) is 10.9. The number of carbonyl (C=O) groups is 1. The van der Waals surface area contributed by atoms with Crippen LogP contribution >= 0.6 is 23.2 Å². The van der Waals surface area contributed by atoms with Crippen LogP contribution in [0.4, 0.5) is 0 Å². The van der Waals surface area contributed by atoms with Crippen LogP contribution in [0.25, 0.3) is 0 Å². The highest BCUT2D eigenvalue weighted by Gasteiger charge is 2.33. The second-order valence-electron chi connectivity index (χ2n) is 3.93. The Kier molecular flexibility index (Phi) is 3.25. The van der Waals surface area contributed by atoms with E-state index < -0.39 is 0 Å². The van der Waals surface area contributed by atoms with Crippen LogP contribution in [0, 0.1) is 5.41 Å². The molecule has 0 aromatic heterocycles. The molecule has 0 heterocycles. The third kappa shape index (κ3) is 2.61. The summed E-state index contributed by atoms with van der Waals surface area (Å²) in [5, 5.41) is 0.208. The van der Waals surface area contributed by atoms with Gasteiger partial charge in [-0.3, -0.25) is 4.79 Å². The molecule has 0 aliphatic heterocycles. The number of halogens is 2. The van der Waals surface area contributed by atoms with Gasteiger partial charge in [0.05, 0.1) is 0 Å². The highest BCUT2D eigenvalue weighted by molar-refractivity contribution is 6.43. The number of allylic oxidation sites excluding steroid dienone is 2. The Bertz CT molecular complexity index is 256. The molecule has 0 N–H and O–H groups in total. The molecule has 0 amide bonds. The molecule has 0 unspecified atom stereocenters. The van der Waals surface area contributed by atoms with E-state index in [9.17, 15) is 4.79 Å². The lowest BCUT2D eigenvalue weighted by atomic mass is 9.79. The molecular weight excluding hydrogens is 211 g/mol. The molecule has 2 nitrogen and oxygen atoms in total. The number of carbonyl (C=O) groups excluding carboxylic acids is 1. The summed E-state index contributed by atoms with van der Waals surface area (Å²) in [7, 11) is 0. The molecule has 0 spiro atoms. The van der Waals surface area contributed by atoms with Crippen molar-refractivity contribution in [3.05, 3.63) is 10.8 Å². The molecule has 0 aromatic carbocycles. The lowest BCUT2D eigenvalue weighted by molar-refractivity contribution is -0.117. The van der Waals surface area contributed by atoms with Crippen LogP contribution in [-0.4, -0.2) is 11.8 Å². The normalized spacial score (nSPS) is 22.0. The minimum Gasteiger partial charge on any atom is -0.481 e. The maximum absolute atomic E-state index is 11.4. The molecule has 1 rings (SSSR count). The van der Waals surface area contributed by atoms with E-state index in [1.807, 2.05) is 13.8 Å². The van der Waals surface area contributed by atoms with Gasteiger partial charge in [0.1, 0.15) is 10.8 Å². The summed E-state index contributed by atoms with van der Waals surface area (Å²) in [5.41, 5.74) is -0.0726. The standard InChI is InChI=1S/C9H12Cl2O2/c1-9(2)3-6(12)8(11)7(4-9)13-5-10/h3-5H2,1-2H3. The quantitative estimate of drug-likeness (QED) is 0.672. The number of hydrogen-bond acceptors (Lipinski definition) is 2. The second-order valence-corrected chi connectivity index (χ2v) is 4.53. The summed E-state index contributed by atoms with van der Waals surface area (Å²) >= 11 is 11.2. The Morgan fingerprint density at radius 1 is 1.46 bits per heavy atom. The van der Waals surface area contributed by atoms with Crippen LogP contribution in [-0.2, 0) is 9.53 Å². The average molecular weight is 223 g/mol. The van der Waals surface area contributed by atoms with Gasteiger partial charge in [-0.15, -0.1) is 0 Å². The van der Waals surface area contributed by atoms with Crippen LogP contribution in [0.5, 0.6) is 0 Å². The molecule has 1 aliphatic carbocycles. The predicted molar refractivity (Wildman–Crippen MR) is 52.7 cm³/mol. The van der Waals surface area contributed by atoms with E-state index in [2.05, 4.69) is 0 Å². The topological polar surface area (TPSA) is 26.3 Å². The summed E-state index contributed by atoms with van der Waals surface area (Å²) < 4.78 is 5.09. The first-order valence-electron chi connectivity index (χ1n) is 4.07. The fraction of sp³-hybridized carbons (Fsp3) is 0.667. The van der Waals surface area contributed by atoms with E-state index in [1.165, 1.54) is 0 Å². The molecule has 0 saturated carbocycles. The van der Waals surface area contributed by atoms with Crippen molar-refractivity contribution in [3.8, 4) is 0 Å². The summed E-state index contributed by atoms with van der Waals surface area (Å²) in [4.78, 5) is 11.4. The first-order chi connectivity index (χ1) is 5.96. The molecule has 0 aromatic rings. The van der Waals surface area contributed by atoms with Crippen molar-refractivity contribution in [2.24, 2.45) is 5.41 Å². The van der Waals surface area contributed by atoms with Gasteiger partial charge in [0.15, 0.2) is 11.8 Å². The highest BCUT2D eigenvalue weighted by atomic mass is 35.5. The van der Waals surface area contributed by atoms with E-state index in [-0.39, 0.29) is 22.3 Å². The highest BCUT2D eigenvalue weighted by Crippen LogP contribution is 2.38. The van der Waals surface area contributed by atoms with Gasteiger partial charge in [0.2, 0.25) is 0 Å². The van der Waals surface area contributed by atoms with Gasteiger partial charge >= 0.3 is 0 Å². The van der Waals surface area contributed by atoms with Crippen molar-refractivity contribution < 1.29 is 9.53 Å². The van der Waals surface area contributed by atoms with Crippen molar-refractivity contribution in [2.75, 3.05) is 6.07 Å². The van der Waals surface area contributed by atoms with Gasteiger partial charge in [-0.1, -0.05) is 37.0 Å². The zero-order valence-electron chi connectivity index (χ0n) is 7.69. The van der Waals surface area contributed by atoms with Gasteiger partial charge in [0, 0.05) is 12.8 Å². The Hall–Kier alpha value is -0.210. The lowest BCUT2D eigenvalue weighted by Crippen LogP contribution is -2.25. The van der Waals surface area contributed by atoms with E-state index in [0.29, 0.717) is 18.6 Å². The number of rotatable bonds is 2. The number of alkyl halides is 1.